The molecule has 0 atom stereocenters. The van der Waals surface area contributed by atoms with Crippen LogP contribution in [0.25, 0.3) is 11.8 Å². The molecule has 7 nitrogen and oxygen atoms in total. The summed E-state index contributed by atoms with van der Waals surface area (Å²) in [6, 6.07) is 16.8. The molecule has 0 spiro atoms. The van der Waals surface area contributed by atoms with Crippen molar-refractivity contribution in [1.82, 2.24) is 9.47 Å². The first kappa shape index (κ1) is 22.9. The second-order valence-electron chi connectivity index (χ2n) is 7.49. The van der Waals surface area contributed by atoms with Crippen LogP contribution in [0.1, 0.15) is 17.0 Å². The van der Waals surface area contributed by atoms with Crippen molar-refractivity contribution in [1.29, 1.82) is 0 Å². The summed E-state index contributed by atoms with van der Waals surface area (Å²) >= 11 is 2.94. The van der Waals surface area contributed by atoms with E-state index in [4.69, 9.17) is 0 Å². The number of nitro groups is 1. The number of aromatic nitrogens is 1. The fourth-order valence-electron chi connectivity index (χ4n) is 3.66. The molecule has 1 saturated heterocycles. The van der Waals surface area contributed by atoms with Gasteiger partial charge in [0.2, 0.25) is 0 Å². The van der Waals surface area contributed by atoms with Gasteiger partial charge in [0.15, 0.2) is 5.17 Å². The van der Waals surface area contributed by atoms with Crippen molar-refractivity contribution in [2.45, 2.75) is 23.6 Å². The molecule has 4 rings (SSSR count). The highest BCUT2D eigenvalue weighted by Gasteiger charge is 2.30. The van der Waals surface area contributed by atoms with E-state index >= 15 is 0 Å². The van der Waals surface area contributed by atoms with E-state index in [0.29, 0.717) is 10.1 Å². The standard InChI is InChI=1S/C24H22N4O3S2/c1-15-13-17(14-22-23(29)26(4)24(25-3)33-22)16(2)27(15)18-5-9-20(10-6-18)32-21-11-7-19(8-12-21)28(30)31/h5-14H,1-4H3/b22-14+,25-24?. The first-order valence-corrected chi connectivity index (χ1v) is 11.8. The van der Waals surface area contributed by atoms with E-state index in [1.165, 1.54) is 23.9 Å². The molecule has 1 amide bonds. The van der Waals surface area contributed by atoms with E-state index in [9.17, 15) is 14.9 Å². The van der Waals surface area contributed by atoms with Crippen LogP contribution in [0.3, 0.4) is 0 Å². The number of carbonyl (C=O) groups is 1. The SMILES string of the molecule is CN=C1S/C(=C/c2cc(C)n(-c3ccc(Sc4ccc([N+](=O)[O-])cc4)cc3)c2C)C(=O)N1C. The summed E-state index contributed by atoms with van der Waals surface area (Å²) in [7, 11) is 3.42. The van der Waals surface area contributed by atoms with Crippen molar-refractivity contribution in [3.05, 3.63) is 86.6 Å². The summed E-state index contributed by atoms with van der Waals surface area (Å²) in [5.74, 6) is -0.0435. The second-order valence-corrected chi connectivity index (χ2v) is 9.65. The Balaban J connectivity index is 1.56. The quantitative estimate of drug-likeness (QED) is 0.267. The minimum absolute atomic E-state index is 0.0435. The Morgan fingerprint density at radius 3 is 2.21 bits per heavy atom. The molecule has 0 aliphatic carbocycles. The average Bonchev–Trinajstić information content (AvgIpc) is 3.24. The molecule has 0 radical (unpaired) electrons. The van der Waals surface area contributed by atoms with Gasteiger partial charge in [-0.1, -0.05) is 11.8 Å². The number of hydrogen-bond acceptors (Lipinski definition) is 6. The number of nitrogens with zero attached hydrogens (tertiary/aromatic N) is 4. The molecular weight excluding hydrogens is 456 g/mol. The molecule has 3 aromatic rings. The topological polar surface area (TPSA) is 80.7 Å². The number of carbonyl (C=O) groups excluding carboxylic acids is 1. The molecule has 0 unspecified atom stereocenters. The van der Waals surface area contributed by atoms with Crippen LogP contribution in [-0.4, -0.2) is 39.6 Å². The molecule has 0 bridgehead atoms. The highest BCUT2D eigenvalue weighted by atomic mass is 32.2. The molecule has 9 heteroatoms. The van der Waals surface area contributed by atoms with Crippen LogP contribution < -0.4 is 0 Å². The Bertz CT molecular complexity index is 1290. The zero-order valence-electron chi connectivity index (χ0n) is 18.6. The number of likely N-dealkylation sites (N-methyl/N-ethyl adjacent to an activating group) is 1. The Kier molecular flexibility index (Phi) is 6.44. The van der Waals surface area contributed by atoms with E-state index < -0.39 is 4.92 Å². The molecule has 1 fully saturated rings. The molecule has 2 heterocycles. The molecule has 1 aromatic heterocycles. The van der Waals surface area contributed by atoms with Gasteiger partial charge in [0, 0.05) is 53.1 Å². The van der Waals surface area contributed by atoms with E-state index in [2.05, 4.69) is 27.8 Å². The van der Waals surface area contributed by atoms with Crippen LogP contribution in [-0.2, 0) is 4.79 Å². The first-order valence-electron chi connectivity index (χ1n) is 10.1. The fourth-order valence-corrected chi connectivity index (χ4v) is 5.39. The maximum absolute atomic E-state index is 12.5. The lowest BCUT2D eigenvalue weighted by Gasteiger charge is -2.11. The summed E-state index contributed by atoms with van der Waals surface area (Å²) in [4.78, 5) is 31.3. The minimum Gasteiger partial charge on any atom is -0.318 e. The van der Waals surface area contributed by atoms with Crippen molar-refractivity contribution in [2.75, 3.05) is 14.1 Å². The summed E-state index contributed by atoms with van der Waals surface area (Å²) < 4.78 is 2.16. The summed E-state index contributed by atoms with van der Waals surface area (Å²) in [5, 5.41) is 11.5. The molecule has 2 aromatic carbocycles. The van der Waals surface area contributed by atoms with E-state index in [1.807, 2.05) is 32.1 Å². The number of rotatable bonds is 5. The Morgan fingerprint density at radius 1 is 1.06 bits per heavy atom. The number of aliphatic imine (C=N–C) groups is 1. The van der Waals surface area contributed by atoms with Gasteiger partial charge in [-0.15, -0.1) is 0 Å². The lowest BCUT2D eigenvalue weighted by Crippen LogP contribution is -2.23. The normalized spacial score (nSPS) is 16.2. The van der Waals surface area contributed by atoms with Crippen molar-refractivity contribution >= 4 is 46.4 Å². The number of nitro benzene ring substituents is 1. The largest absolute Gasteiger partial charge is 0.318 e. The van der Waals surface area contributed by atoms with Crippen molar-refractivity contribution in [3.63, 3.8) is 0 Å². The highest BCUT2D eigenvalue weighted by Crippen LogP contribution is 2.34. The van der Waals surface area contributed by atoms with E-state index in [0.717, 1.165) is 32.4 Å². The maximum atomic E-state index is 12.5. The monoisotopic (exact) mass is 478 g/mol. The molecule has 0 saturated carbocycles. The second kappa shape index (κ2) is 9.29. The van der Waals surface area contributed by atoms with Gasteiger partial charge >= 0.3 is 0 Å². The van der Waals surface area contributed by atoms with Crippen molar-refractivity contribution in [3.8, 4) is 5.69 Å². The van der Waals surface area contributed by atoms with Crippen molar-refractivity contribution < 1.29 is 9.72 Å². The Hall–Kier alpha value is -3.30. The molecular formula is C24H22N4O3S2. The highest BCUT2D eigenvalue weighted by molar-refractivity contribution is 8.18. The number of benzene rings is 2. The van der Waals surface area contributed by atoms with Gasteiger partial charge in [0.25, 0.3) is 11.6 Å². The van der Waals surface area contributed by atoms with Gasteiger partial charge in [-0.2, -0.15) is 0 Å². The van der Waals surface area contributed by atoms with E-state index in [1.54, 1.807) is 42.9 Å². The van der Waals surface area contributed by atoms with Gasteiger partial charge in [0.1, 0.15) is 0 Å². The molecule has 33 heavy (non-hydrogen) atoms. The Morgan fingerprint density at radius 2 is 1.67 bits per heavy atom. The van der Waals surface area contributed by atoms with Gasteiger partial charge in [-0.3, -0.25) is 24.8 Å². The van der Waals surface area contributed by atoms with Crippen LogP contribution in [0, 0.1) is 24.0 Å². The lowest BCUT2D eigenvalue weighted by molar-refractivity contribution is -0.384. The molecule has 168 valence electrons. The Labute approximate surface area is 200 Å². The summed E-state index contributed by atoms with van der Waals surface area (Å²) in [5.41, 5.74) is 4.23. The number of amidine groups is 1. The zero-order chi connectivity index (χ0) is 23.7. The van der Waals surface area contributed by atoms with Gasteiger partial charge in [0.05, 0.1) is 9.83 Å². The third-order valence-corrected chi connectivity index (χ3v) is 7.50. The number of aryl methyl sites for hydroxylation is 1. The average molecular weight is 479 g/mol. The third-order valence-electron chi connectivity index (χ3n) is 5.33. The van der Waals surface area contributed by atoms with Gasteiger partial charge in [-0.25, -0.2) is 0 Å². The van der Waals surface area contributed by atoms with Crippen LogP contribution in [0.5, 0.6) is 0 Å². The predicted octanol–water partition coefficient (Wildman–Crippen LogP) is 5.69. The third kappa shape index (κ3) is 4.60. The van der Waals surface area contributed by atoms with Crippen LogP contribution in [0.4, 0.5) is 5.69 Å². The van der Waals surface area contributed by atoms with Crippen molar-refractivity contribution in [2.24, 2.45) is 4.99 Å². The maximum Gasteiger partial charge on any atom is 0.269 e. The smallest absolute Gasteiger partial charge is 0.269 e. The molecule has 1 aliphatic rings. The van der Waals surface area contributed by atoms with Crippen LogP contribution >= 0.6 is 23.5 Å². The van der Waals surface area contributed by atoms with Crippen LogP contribution in [0.15, 0.2) is 74.3 Å². The fraction of sp³-hybridized carbons (Fsp3) is 0.167. The number of thioether (sulfide) groups is 1. The lowest BCUT2D eigenvalue weighted by atomic mass is 10.2. The molecule has 0 N–H and O–H groups in total. The summed E-state index contributed by atoms with van der Waals surface area (Å²) in [6.07, 6.45) is 1.93. The number of hydrogen-bond donors (Lipinski definition) is 0. The number of non-ortho nitro benzene ring substituents is 1. The van der Waals surface area contributed by atoms with Gasteiger partial charge < -0.3 is 4.57 Å². The summed E-state index contributed by atoms with van der Waals surface area (Å²) in [6.45, 7) is 4.09. The van der Waals surface area contributed by atoms with Crippen LogP contribution in [0.2, 0.25) is 0 Å². The minimum atomic E-state index is -0.398. The zero-order valence-corrected chi connectivity index (χ0v) is 20.2. The first-order chi connectivity index (χ1) is 15.8. The number of amides is 1. The predicted molar refractivity (Wildman–Crippen MR) is 134 cm³/mol. The van der Waals surface area contributed by atoms with Gasteiger partial charge in [-0.05, 0) is 79.7 Å². The molecule has 1 aliphatic heterocycles. The van der Waals surface area contributed by atoms with E-state index in [-0.39, 0.29) is 11.6 Å².